The SMILES string of the molecule is Cc1ccc(Cl)cc1C(Br)c1ccc(Cl)c(Cl)c1. The van der Waals surface area contributed by atoms with E-state index >= 15 is 0 Å². The molecular formula is C14H10BrCl3. The second kappa shape index (κ2) is 5.83. The first-order valence-electron chi connectivity index (χ1n) is 5.34. The molecule has 2 aromatic carbocycles. The van der Waals surface area contributed by atoms with Gasteiger partial charge < -0.3 is 0 Å². The van der Waals surface area contributed by atoms with Gasteiger partial charge in [-0.05, 0) is 47.9 Å². The average molecular weight is 364 g/mol. The maximum atomic E-state index is 6.04. The van der Waals surface area contributed by atoms with Crippen molar-refractivity contribution in [3.8, 4) is 0 Å². The summed E-state index contributed by atoms with van der Waals surface area (Å²) in [4.78, 5) is 0.0472. The lowest BCUT2D eigenvalue weighted by molar-refractivity contribution is 1.14. The van der Waals surface area contributed by atoms with Crippen molar-refractivity contribution in [2.24, 2.45) is 0 Å². The molecule has 1 unspecified atom stereocenters. The lowest BCUT2D eigenvalue weighted by Gasteiger charge is -2.14. The molecule has 0 saturated carbocycles. The summed E-state index contributed by atoms with van der Waals surface area (Å²) in [7, 11) is 0. The van der Waals surface area contributed by atoms with E-state index in [1.165, 1.54) is 5.56 Å². The number of hydrogen-bond donors (Lipinski definition) is 0. The van der Waals surface area contributed by atoms with Crippen LogP contribution in [0.1, 0.15) is 21.5 Å². The van der Waals surface area contributed by atoms with Crippen LogP contribution in [-0.4, -0.2) is 0 Å². The van der Waals surface area contributed by atoms with E-state index in [2.05, 4.69) is 22.9 Å². The normalized spacial score (nSPS) is 12.5. The third-order valence-corrected chi connectivity index (χ3v) is 4.75. The van der Waals surface area contributed by atoms with Crippen LogP contribution in [0.4, 0.5) is 0 Å². The van der Waals surface area contributed by atoms with Crippen molar-refractivity contribution in [2.45, 2.75) is 11.8 Å². The van der Waals surface area contributed by atoms with Gasteiger partial charge in [-0.2, -0.15) is 0 Å². The second-order valence-electron chi connectivity index (χ2n) is 4.04. The molecule has 0 nitrogen and oxygen atoms in total. The van der Waals surface area contributed by atoms with E-state index in [9.17, 15) is 0 Å². The number of hydrogen-bond acceptors (Lipinski definition) is 0. The fourth-order valence-electron chi connectivity index (χ4n) is 1.73. The Balaban J connectivity index is 2.44. The van der Waals surface area contributed by atoms with Crippen LogP contribution in [0.25, 0.3) is 0 Å². The molecule has 0 heterocycles. The highest BCUT2D eigenvalue weighted by Gasteiger charge is 2.14. The smallest absolute Gasteiger partial charge is 0.0648 e. The Morgan fingerprint density at radius 2 is 1.67 bits per heavy atom. The molecule has 0 aromatic heterocycles. The molecule has 0 N–H and O–H groups in total. The quantitative estimate of drug-likeness (QED) is 0.538. The Morgan fingerprint density at radius 3 is 2.33 bits per heavy atom. The van der Waals surface area contributed by atoms with Gasteiger partial charge in [0.05, 0.1) is 14.9 Å². The summed E-state index contributed by atoms with van der Waals surface area (Å²) < 4.78 is 0. The molecule has 2 aromatic rings. The molecule has 0 radical (unpaired) electrons. The average Bonchev–Trinajstić information content (AvgIpc) is 2.35. The van der Waals surface area contributed by atoms with Gasteiger partial charge >= 0.3 is 0 Å². The van der Waals surface area contributed by atoms with Crippen LogP contribution in [0.5, 0.6) is 0 Å². The number of rotatable bonds is 2. The highest BCUT2D eigenvalue weighted by Crippen LogP contribution is 2.36. The molecule has 0 aliphatic rings. The zero-order valence-corrected chi connectivity index (χ0v) is 13.4. The van der Waals surface area contributed by atoms with E-state index in [4.69, 9.17) is 34.8 Å². The number of benzene rings is 2. The molecule has 18 heavy (non-hydrogen) atoms. The molecule has 0 spiro atoms. The van der Waals surface area contributed by atoms with Crippen LogP contribution >= 0.6 is 50.7 Å². The molecule has 94 valence electrons. The summed E-state index contributed by atoms with van der Waals surface area (Å²) in [5.74, 6) is 0. The van der Waals surface area contributed by atoms with Crippen LogP contribution in [0.3, 0.4) is 0 Å². The van der Waals surface area contributed by atoms with E-state index < -0.39 is 0 Å². The zero-order chi connectivity index (χ0) is 13.3. The third kappa shape index (κ3) is 3.03. The minimum Gasteiger partial charge on any atom is -0.0843 e. The van der Waals surface area contributed by atoms with Crippen molar-refractivity contribution in [1.82, 2.24) is 0 Å². The fourth-order valence-corrected chi connectivity index (χ4v) is 3.00. The van der Waals surface area contributed by atoms with Crippen LogP contribution in [-0.2, 0) is 0 Å². The molecular weight excluding hydrogens is 354 g/mol. The highest BCUT2D eigenvalue weighted by atomic mass is 79.9. The maximum absolute atomic E-state index is 6.04. The van der Waals surface area contributed by atoms with Crippen LogP contribution in [0, 0.1) is 6.92 Å². The van der Waals surface area contributed by atoms with Gasteiger partial charge in [-0.15, -0.1) is 0 Å². The predicted molar refractivity (Wildman–Crippen MR) is 83.4 cm³/mol. The lowest BCUT2D eigenvalue weighted by Crippen LogP contribution is -1.96. The summed E-state index contributed by atoms with van der Waals surface area (Å²) >= 11 is 21.7. The number of aryl methyl sites for hydroxylation is 1. The minimum absolute atomic E-state index is 0.0472. The summed E-state index contributed by atoms with van der Waals surface area (Å²) in [6.45, 7) is 2.05. The van der Waals surface area contributed by atoms with E-state index in [1.54, 1.807) is 6.07 Å². The first-order chi connectivity index (χ1) is 8.49. The van der Waals surface area contributed by atoms with E-state index in [0.717, 1.165) is 16.1 Å². The third-order valence-electron chi connectivity index (χ3n) is 2.75. The number of halogens is 4. The predicted octanol–water partition coefficient (Wildman–Crippen LogP) is 6.44. The van der Waals surface area contributed by atoms with Crippen molar-refractivity contribution in [1.29, 1.82) is 0 Å². The Hall–Kier alpha value is -0.210. The summed E-state index contributed by atoms with van der Waals surface area (Å²) in [6.07, 6.45) is 0. The second-order valence-corrected chi connectivity index (χ2v) is 6.20. The van der Waals surface area contributed by atoms with Gasteiger partial charge in [0.25, 0.3) is 0 Å². The van der Waals surface area contributed by atoms with Crippen molar-refractivity contribution in [3.05, 3.63) is 68.2 Å². The molecule has 0 aliphatic carbocycles. The van der Waals surface area contributed by atoms with Gasteiger partial charge in [0.2, 0.25) is 0 Å². The van der Waals surface area contributed by atoms with Crippen LogP contribution in [0.2, 0.25) is 15.1 Å². The molecule has 0 amide bonds. The monoisotopic (exact) mass is 362 g/mol. The molecule has 0 fully saturated rings. The molecule has 2 rings (SSSR count). The molecule has 0 aliphatic heterocycles. The van der Waals surface area contributed by atoms with Crippen molar-refractivity contribution in [3.63, 3.8) is 0 Å². The van der Waals surface area contributed by atoms with E-state index in [0.29, 0.717) is 10.0 Å². The van der Waals surface area contributed by atoms with Crippen LogP contribution < -0.4 is 0 Å². The number of alkyl halides is 1. The molecule has 0 bridgehead atoms. The van der Waals surface area contributed by atoms with Gasteiger partial charge in [-0.3, -0.25) is 0 Å². The summed E-state index contributed by atoms with van der Waals surface area (Å²) in [5.41, 5.74) is 3.35. The highest BCUT2D eigenvalue weighted by molar-refractivity contribution is 9.09. The standard InChI is InChI=1S/C14H10BrCl3/c1-8-2-4-10(16)7-11(8)14(15)9-3-5-12(17)13(18)6-9/h2-7,14H,1H3. The zero-order valence-electron chi connectivity index (χ0n) is 9.55. The van der Waals surface area contributed by atoms with E-state index in [-0.39, 0.29) is 4.83 Å². The Labute approximate surface area is 130 Å². The Bertz CT molecular complexity index is 581. The molecule has 0 saturated heterocycles. The van der Waals surface area contributed by atoms with Gasteiger partial charge in [-0.1, -0.05) is 62.9 Å². The first-order valence-corrected chi connectivity index (χ1v) is 7.39. The van der Waals surface area contributed by atoms with Crippen molar-refractivity contribution >= 4 is 50.7 Å². The lowest BCUT2D eigenvalue weighted by atomic mass is 10.0. The topological polar surface area (TPSA) is 0 Å². The largest absolute Gasteiger partial charge is 0.0843 e. The Kier molecular flexibility index (Phi) is 4.60. The minimum atomic E-state index is 0.0472. The van der Waals surface area contributed by atoms with E-state index in [1.807, 2.05) is 30.3 Å². The van der Waals surface area contributed by atoms with Gasteiger partial charge in [0.1, 0.15) is 0 Å². The molecule has 4 heteroatoms. The summed E-state index contributed by atoms with van der Waals surface area (Å²) in [6, 6.07) is 11.5. The van der Waals surface area contributed by atoms with Gasteiger partial charge in [0.15, 0.2) is 0 Å². The summed E-state index contributed by atoms with van der Waals surface area (Å²) in [5, 5.41) is 1.83. The van der Waals surface area contributed by atoms with Crippen molar-refractivity contribution in [2.75, 3.05) is 0 Å². The first kappa shape index (κ1) is 14.2. The van der Waals surface area contributed by atoms with Crippen molar-refractivity contribution < 1.29 is 0 Å². The Morgan fingerprint density at radius 1 is 0.944 bits per heavy atom. The fraction of sp³-hybridized carbons (Fsp3) is 0.143. The van der Waals surface area contributed by atoms with Gasteiger partial charge in [0, 0.05) is 5.02 Å². The van der Waals surface area contributed by atoms with Gasteiger partial charge in [-0.25, -0.2) is 0 Å². The van der Waals surface area contributed by atoms with Crippen LogP contribution in [0.15, 0.2) is 36.4 Å². The maximum Gasteiger partial charge on any atom is 0.0648 e. The molecule has 1 atom stereocenters.